The second-order valence-electron chi connectivity index (χ2n) is 5.74. The van der Waals surface area contributed by atoms with E-state index in [0.29, 0.717) is 18.1 Å². The Kier molecular flexibility index (Phi) is 9.51. The smallest absolute Gasteiger partial charge is 0.240 e. The molecule has 0 bridgehead atoms. The molecule has 0 radical (unpaired) electrons. The number of halogens is 2. The van der Waals surface area contributed by atoms with Crippen LogP contribution in [0.5, 0.6) is 0 Å². The Balaban J connectivity index is 0.00000364. The van der Waals surface area contributed by atoms with Gasteiger partial charge in [-0.1, -0.05) is 35.9 Å². The van der Waals surface area contributed by atoms with Crippen LogP contribution in [0.4, 0.5) is 0 Å². The van der Waals surface area contributed by atoms with Gasteiger partial charge < -0.3 is 10.2 Å². The van der Waals surface area contributed by atoms with Gasteiger partial charge in [-0.15, -0.1) is 24.0 Å². The van der Waals surface area contributed by atoms with E-state index in [9.17, 15) is 8.42 Å². The Morgan fingerprint density at radius 3 is 2.37 bits per heavy atom. The highest BCUT2D eigenvalue weighted by Gasteiger charge is 2.11. The van der Waals surface area contributed by atoms with Crippen LogP contribution in [0.3, 0.4) is 0 Å². The van der Waals surface area contributed by atoms with Crippen molar-refractivity contribution in [3.63, 3.8) is 0 Å². The maximum Gasteiger partial charge on any atom is 0.240 e. The van der Waals surface area contributed by atoms with Gasteiger partial charge in [-0.2, -0.15) is 0 Å². The monoisotopic (exact) mass is 522 g/mol. The molecular formula is C18H24ClIN4O2S. The van der Waals surface area contributed by atoms with Crippen molar-refractivity contribution in [2.24, 2.45) is 4.99 Å². The average Bonchev–Trinajstić information content (AvgIpc) is 2.62. The van der Waals surface area contributed by atoms with Crippen LogP contribution >= 0.6 is 35.6 Å². The van der Waals surface area contributed by atoms with E-state index < -0.39 is 10.0 Å². The number of hydrogen-bond donors (Lipinski definition) is 2. The number of nitrogens with one attached hydrogen (secondary N) is 2. The molecule has 9 heteroatoms. The minimum atomic E-state index is -3.42. The van der Waals surface area contributed by atoms with Crippen molar-refractivity contribution in [3.8, 4) is 0 Å². The Labute approximate surface area is 183 Å². The highest BCUT2D eigenvalue weighted by atomic mass is 127. The predicted octanol–water partition coefficient (Wildman–Crippen LogP) is 3.07. The molecule has 0 saturated heterocycles. The quantitative estimate of drug-likeness (QED) is 0.347. The van der Waals surface area contributed by atoms with E-state index in [1.807, 2.05) is 36.2 Å². The normalized spacial score (nSPS) is 11.6. The number of guanidine groups is 1. The Morgan fingerprint density at radius 1 is 1.15 bits per heavy atom. The molecule has 6 nitrogen and oxygen atoms in total. The lowest BCUT2D eigenvalue weighted by atomic mass is 10.2. The first-order valence-corrected chi connectivity index (χ1v) is 9.90. The van der Waals surface area contributed by atoms with Gasteiger partial charge in [0, 0.05) is 32.2 Å². The van der Waals surface area contributed by atoms with Gasteiger partial charge in [-0.05, 0) is 42.4 Å². The lowest BCUT2D eigenvalue weighted by molar-refractivity contribution is 0.476. The number of rotatable bonds is 6. The van der Waals surface area contributed by atoms with Crippen molar-refractivity contribution in [2.45, 2.75) is 18.0 Å². The fourth-order valence-corrected chi connectivity index (χ4v) is 3.40. The summed E-state index contributed by atoms with van der Waals surface area (Å²) in [6.45, 7) is 1.20. The highest BCUT2D eigenvalue weighted by molar-refractivity contribution is 14.0. The summed E-state index contributed by atoms with van der Waals surface area (Å²) in [7, 11) is 1.64. The zero-order valence-electron chi connectivity index (χ0n) is 15.4. The minimum absolute atomic E-state index is 0. The van der Waals surface area contributed by atoms with Crippen molar-refractivity contribution >= 4 is 51.6 Å². The van der Waals surface area contributed by atoms with E-state index in [-0.39, 0.29) is 28.9 Å². The van der Waals surface area contributed by atoms with Crippen LogP contribution in [0.1, 0.15) is 11.1 Å². The van der Waals surface area contributed by atoms with Crippen molar-refractivity contribution in [3.05, 3.63) is 64.7 Å². The predicted molar refractivity (Wildman–Crippen MR) is 121 cm³/mol. The van der Waals surface area contributed by atoms with Gasteiger partial charge in [0.05, 0.1) is 4.90 Å². The first-order valence-electron chi connectivity index (χ1n) is 8.04. The summed E-state index contributed by atoms with van der Waals surface area (Å²) >= 11 is 6.03. The van der Waals surface area contributed by atoms with E-state index in [1.54, 1.807) is 31.3 Å². The summed E-state index contributed by atoms with van der Waals surface area (Å²) in [6, 6.07) is 14.4. The van der Waals surface area contributed by atoms with Crippen LogP contribution in [0.15, 0.2) is 58.4 Å². The molecule has 0 spiro atoms. The van der Waals surface area contributed by atoms with Gasteiger partial charge >= 0.3 is 0 Å². The lowest BCUT2D eigenvalue weighted by Gasteiger charge is -2.22. The van der Waals surface area contributed by atoms with E-state index in [2.05, 4.69) is 15.0 Å². The zero-order valence-corrected chi connectivity index (χ0v) is 19.3. The molecule has 2 aromatic rings. The summed E-state index contributed by atoms with van der Waals surface area (Å²) in [6.07, 6.45) is 0. The third-order valence-electron chi connectivity index (χ3n) is 3.84. The Morgan fingerprint density at radius 2 is 1.81 bits per heavy atom. The van der Waals surface area contributed by atoms with Crippen LogP contribution in [0, 0.1) is 0 Å². The van der Waals surface area contributed by atoms with E-state index in [1.165, 1.54) is 7.05 Å². The number of aliphatic imine (C=N–C) groups is 1. The summed E-state index contributed by atoms with van der Waals surface area (Å²) in [4.78, 5) is 6.52. The fourth-order valence-electron chi connectivity index (χ4n) is 2.45. The van der Waals surface area contributed by atoms with Gasteiger partial charge in [0.15, 0.2) is 5.96 Å². The molecule has 0 unspecified atom stereocenters. The molecule has 0 aliphatic carbocycles. The van der Waals surface area contributed by atoms with Gasteiger partial charge in [0.25, 0.3) is 0 Å². The molecule has 0 saturated carbocycles. The molecule has 0 aliphatic heterocycles. The zero-order chi connectivity index (χ0) is 19.2. The van der Waals surface area contributed by atoms with Crippen LogP contribution in [-0.4, -0.2) is 40.4 Å². The second kappa shape index (κ2) is 10.8. The second-order valence-corrected chi connectivity index (χ2v) is 8.06. The molecule has 0 amide bonds. The molecule has 0 fully saturated rings. The molecule has 0 aliphatic rings. The SMILES string of the molecule is CN=C(NCc1ccc(S(=O)(=O)NC)cc1)N(C)Cc1cccc(Cl)c1.I. The number of nitrogens with zero attached hydrogens (tertiary/aromatic N) is 2. The maximum absolute atomic E-state index is 11.7. The van der Waals surface area contributed by atoms with Crippen molar-refractivity contribution in [1.82, 2.24) is 14.9 Å². The third-order valence-corrected chi connectivity index (χ3v) is 5.50. The summed E-state index contributed by atoms with van der Waals surface area (Å²) < 4.78 is 25.8. The first kappa shape index (κ1) is 23.7. The first-order chi connectivity index (χ1) is 12.4. The molecule has 0 aromatic heterocycles. The van der Waals surface area contributed by atoms with Gasteiger partial charge in [-0.25, -0.2) is 13.1 Å². The standard InChI is InChI=1S/C18H23ClN4O2S.HI/c1-20-18(23(3)13-15-5-4-6-16(19)11-15)22-12-14-7-9-17(10-8-14)26(24,25)21-2;/h4-11,21H,12-13H2,1-3H3,(H,20,22);1H. The molecule has 0 atom stereocenters. The van der Waals surface area contributed by atoms with Crippen molar-refractivity contribution < 1.29 is 8.42 Å². The van der Waals surface area contributed by atoms with Crippen molar-refractivity contribution in [1.29, 1.82) is 0 Å². The molecular weight excluding hydrogens is 499 g/mol. The highest BCUT2D eigenvalue weighted by Crippen LogP contribution is 2.13. The van der Waals surface area contributed by atoms with E-state index in [4.69, 9.17) is 11.6 Å². The van der Waals surface area contributed by atoms with Gasteiger partial charge in [0.2, 0.25) is 10.0 Å². The largest absolute Gasteiger partial charge is 0.352 e. The summed E-state index contributed by atoms with van der Waals surface area (Å²) in [5.74, 6) is 0.733. The number of hydrogen-bond acceptors (Lipinski definition) is 3. The number of benzene rings is 2. The van der Waals surface area contributed by atoms with Crippen LogP contribution in [0.25, 0.3) is 0 Å². The average molecular weight is 523 g/mol. The number of sulfonamides is 1. The van der Waals surface area contributed by atoms with Crippen molar-refractivity contribution in [2.75, 3.05) is 21.1 Å². The summed E-state index contributed by atoms with van der Waals surface area (Å²) in [5.41, 5.74) is 2.04. The van der Waals surface area contributed by atoms with Crippen LogP contribution < -0.4 is 10.0 Å². The van der Waals surface area contributed by atoms with E-state index in [0.717, 1.165) is 17.1 Å². The molecule has 148 valence electrons. The van der Waals surface area contributed by atoms with Gasteiger partial charge in [-0.3, -0.25) is 4.99 Å². The minimum Gasteiger partial charge on any atom is -0.352 e. The molecule has 2 aromatic carbocycles. The molecule has 0 heterocycles. The molecule has 2 N–H and O–H groups in total. The topological polar surface area (TPSA) is 73.8 Å². The Bertz CT molecular complexity index is 873. The van der Waals surface area contributed by atoms with Gasteiger partial charge in [0.1, 0.15) is 0 Å². The van der Waals surface area contributed by atoms with Crippen LogP contribution in [-0.2, 0) is 23.1 Å². The summed E-state index contributed by atoms with van der Waals surface area (Å²) in [5, 5.41) is 3.97. The fraction of sp³-hybridized carbons (Fsp3) is 0.278. The molecule has 27 heavy (non-hydrogen) atoms. The van der Waals surface area contributed by atoms with Crippen LogP contribution in [0.2, 0.25) is 5.02 Å². The molecule has 2 rings (SSSR count). The van der Waals surface area contributed by atoms with E-state index >= 15 is 0 Å². The third kappa shape index (κ3) is 6.95. The lowest BCUT2D eigenvalue weighted by Crippen LogP contribution is -2.38. The maximum atomic E-state index is 11.7. The Hall–Kier alpha value is -1.36.